The molecular weight excluding hydrogens is 260 g/mol. The van der Waals surface area contributed by atoms with E-state index < -0.39 is 12.2 Å². The molecule has 4 rings (SSSR count). The quantitative estimate of drug-likeness (QED) is 0.654. The average Bonchev–Trinajstić information content (AvgIpc) is 2.51. The smallest absolute Gasteiger partial charge is 0.110 e. The fourth-order valence-electron chi connectivity index (χ4n) is 3.36. The molecule has 3 aromatic carbocycles. The van der Waals surface area contributed by atoms with Gasteiger partial charge >= 0.3 is 0 Å². The number of aliphatic hydroxyl groups excluding tert-OH is 2. The van der Waals surface area contributed by atoms with Gasteiger partial charge in [0.1, 0.15) is 12.2 Å². The van der Waals surface area contributed by atoms with Gasteiger partial charge in [-0.1, -0.05) is 42.5 Å². The Labute approximate surface area is 123 Å². The van der Waals surface area contributed by atoms with E-state index >= 15 is 0 Å². The number of benzene rings is 3. The molecule has 0 spiro atoms. The van der Waals surface area contributed by atoms with Gasteiger partial charge in [0.05, 0.1) is 0 Å². The first-order chi connectivity index (χ1) is 10.2. The predicted molar refractivity (Wildman–Crippen MR) is 84.0 cm³/mol. The Morgan fingerprint density at radius 2 is 1.43 bits per heavy atom. The van der Waals surface area contributed by atoms with Gasteiger partial charge < -0.3 is 10.2 Å². The zero-order valence-corrected chi connectivity index (χ0v) is 11.7. The Morgan fingerprint density at radius 1 is 0.762 bits per heavy atom. The van der Waals surface area contributed by atoms with Crippen LogP contribution in [0.25, 0.3) is 21.9 Å². The van der Waals surface area contributed by atoms with E-state index in [1.165, 1.54) is 0 Å². The summed E-state index contributed by atoms with van der Waals surface area (Å²) in [5.41, 5.74) is 4.82. The molecular formula is C19H16O2. The molecule has 1 aliphatic carbocycles. The van der Waals surface area contributed by atoms with Crippen molar-refractivity contribution >= 4 is 10.8 Å². The minimum Gasteiger partial charge on any atom is -0.385 e. The van der Waals surface area contributed by atoms with Gasteiger partial charge in [-0.3, -0.25) is 0 Å². The summed E-state index contributed by atoms with van der Waals surface area (Å²) in [6, 6.07) is 18.1. The van der Waals surface area contributed by atoms with E-state index in [9.17, 15) is 10.2 Å². The molecule has 0 aliphatic heterocycles. The minimum absolute atomic E-state index is 0.808. The van der Waals surface area contributed by atoms with Crippen molar-refractivity contribution in [2.45, 2.75) is 19.1 Å². The van der Waals surface area contributed by atoms with E-state index in [1.807, 2.05) is 49.4 Å². The number of fused-ring (bicyclic) bond motifs is 4. The summed E-state index contributed by atoms with van der Waals surface area (Å²) < 4.78 is 0. The monoisotopic (exact) mass is 276 g/mol. The highest BCUT2D eigenvalue weighted by molar-refractivity contribution is 5.91. The second-order valence-electron chi connectivity index (χ2n) is 5.72. The van der Waals surface area contributed by atoms with Crippen molar-refractivity contribution in [1.82, 2.24) is 0 Å². The number of aryl methyl sites for hydroxylation is 1. The molecule has 0 unspecified atom stereocenters. The lowest BCUT2D eigenvalue weighted by atomic mass is 9.79. The van der Waals surface area contributed by atoms with Gasteiger partial charge in [-0.15, -0.1) is 0 Å². The van der Waals surface area contributed by atoms with Crippen molar-refractivity contribution in [3.05, 3.63) is 71.3 Å². The summed E-state index contributed by atoms with van der Waals surface area (Å²) >= 11 is 0. The molecule has 3 aromatic rings. The third-order valence-electron chi connectivity index (χ3n) is 4.43. The van der Waals surface area contributed by atoms with E-state index in [2.05, 4.69) is 12.1 Å². The van der Waals surface area contributed by atoms with Gasteiger partial charge in [-0.05, 0) is 57.6 Å². The Hall–Kier alpha value is -2.16. The number of aliphatic hydroxyl groups is 2. The molecule has 21 heavy (non-hydrogen) atoms. The molecule has 0 amide bonds. The Bertz CT molecular complexity index is 851. The van der Waals surface area contributed by atoms with Crippen molar-refractivity contribution < 1.29 is 10.2 Å². The maximum absolute atomic E-state index is 10.5. The van der Waals surface area contributed by atoms with Crippen LogP contribution in [-0.4, -0.2) is 10.2 Å². The van der Waals surface area contributed by atoms with Crippen molar-refractivity contribution in [3.63, 3.8) is 0 Å². The molecule has 2 atom stereocenters. The van der Waals surface area contributed by atoms with E-state index in [-0.39, 0.29) is 0 Å². The highest BCUT2D eigenvalue weighted by atomic mass is 16.3. The van der Waals surface area contributed by atoms with E-state index in [0.29, 0.717) is 0 Å². The third-order valence-corrected chi connectivity index (χ3v) is 4.43. The zero-order chi connectivity index (χ0) is 14.6. The number of rotatable bonds is 0. The first kappa shape index (κ1) is 12.6. The summed E-state index contributed by atoms with van der Waals surface area (Å²) in [6.07, 6.45) is -1.74. The van der Waals surface area contributed by atoms with Gasteiger partial charge in [0.25, 0.3) is 0 Å². The molecule has 2 nitrogen and oxygen atoms in total. The van der Waals surface area contributed by atoms with Crippen LogP contribution in [0, 0.1) is 6.92 Å². The van der Waals surface area contributed by atoms with Crippen LogP contribution in [0.2, 0.25) is 0 Å². The van der Waals surface area contributed by atoms with Gasteiger partial charge in [-0.25, -0.2) is 0 Å². The second kappa shape index (κ2) is 4.42. The van der Waals surface area contributed by atoms with Crippen LogP contribution in [0.3, 0.4) is 0 Å². The lowest BCUT2D eigenvalue weighted by Crippen LogP contribution is -2.17. The van der Waals surface area contributed by atoms with E-state index in [1.54, 1.807) is 0 Å². The molecule has 0 saturated heterocycles. The summed E-state index contributed by atoms with van der Waals surface area (Å²) in [5.74, 6) is 0. The summed E-state index contributed by atoms with van der Waals surface area (Å²) in [4.78, 5) is 0. The van der Waals surface area contributed by atoms with Crippen molar-refractivity contribution in [1.29, 1.82) is 0 Å². The van der Waals surface area contributed by atoms with Crippen molar-refractivity contribution in [2.24, 2.45) is 0 Å². The maximum Gasteiger partial charge on any atom is 0.110 e. The van der Waals surface area contributed by atoms with Crippen LogP contribution in [0.5, 0.6) is 0 Å². The van der Waals surface area contributed by atoms with E-state index in [0.717, 1.165) is 38.6 Å². The fraction of sp³-hybridized carbons (Fsp3) is 0.158. The Morgan fingerprint density at radius 3 is 2.19 bits per heavy atom. The molecule has 0 heterocycles. The van der Waals surface area contributed by atoms with Crippen LogP contribution in [-0.2, 0) is 0 Å². The molecule has 0 radical (unpaired) electrons. The summed E-state index contributed by atoms with van der Waals surface area (Å²) in [5, 5.41) is 23.1. The normalized spacial score (nSPS) is 20.1. The molecule has 2 heteroatoms. The van der Waals surface area contributed by atoms with Gasteiger partial charge in [0.2, 0.25) is 0 Å². The summed E-state index contributed by atoms with van der Waals surface area (Å²) in [6.45, 7) is 2.04. The van der Waals surface area contributed by atoms with E-state index in [4.69, 9.17) is 0 Å². The first-order valence-electron chi connectivity index (χ1n) is 7.15. The standard InChI is InChI=1S/C19H16O2/c1-11-5-4-8-14-17(11)15-9-12-6-2-3-7-13(12)10-16(15)19(21)18(14)20/h2-10,18-21H,1H3/t18-,19-/m0/s1. The molecule has 0 aromatic heterocycles. The van der Waals surface area contributed by atoms with Gasteiger partial charge in [-0.2, -0.15) is 0 Å². The molecule has 0 fully saturated rings. The lowest BCUT2D eigenvalue weighted by molar-refractivity contribution is 0.0158. The number of hydrogen-bond acceptors (Lipinski definition) is 2. The first-order valence-corrected chi connectivity index (χ1v) is 7.15. The van der Waals surface area contributed by atoms with Crippen molar-refractivity contribution in [3.8, 4) is 11.1 Å². The zero-order valence-electron chi connectivity index (χ0n) is 11.7. The van der Waals surface area contributed by atoms with Crippen LogP contribution in [0.1, 0.15) is 28.9 Å². The van der Waals surface area contributed by atoms with Crippen LogP contribution in [0.4, 0.5) is 0 Å². The largest absolute Gasteiger partial charge is 0.385 e. The highest BCUT2D eigenvalue weighted by Gasteiger charge is 2.32. The summed E-state index contributed by atoms with van der Waals surface area (Å²) in [7, 11) is 0. The van der Waals surface area contributed by atoms with Crippen LogP contribution < -0.4 is 0 Å². The molecule has 0 saturated carbocycles. The maximum atomic E-state index is 10.5. The van der Waals surface area contributed by atoms with Gasteiger partial charge in [0, 0.05) is 0 Å². The number of hydrogen-bond donors (Lipinski definition) is 2. The lowest BCUT2D eigenvalue weighted by Gasteiger charge is -2.30. The average molecular weight is 276 g/mol. The van der Waals surface area contributed by atoms with Crippen LogP contribution in [0.15, 0.2) is 54.6 Å². The minimum atomic E-state index is -0.876. The van der Waals surface area contributed by atoms with Crippen LogP contribution >= 0.6 is 0 Å². The highest BCUT2D eigenvalue weighted by Crippen LogP contribution is 2.46. The molecule has 1 aliphatic rings. The Kier molecular flexibility index (Phi) is 2.64. The van der Waals surface area contributed by atoms with Gasteiger partial charge in [0.15, 0.2) is 0 Å². The molecule has 2 N–H and O–H groups in total. The third kappa shape index (κ3) is 1.73. The predicted octanol–water partition coefficient (Wildman–Crippen LogP) is 3.90. The topological polar surface area (TPSA) is 40.5 Å². The fourth-order valence-corrected chi connectivity index (χ4v) is 3.36. The SMILES string of the molecule is Cc1cccc2c1-c1cc3ccccc3cc1[C@H](O)[C@H]2O. The molecule has 0 bridgehead atoms. The Balaban J connectivity index is 2.12. The van der Waals surface area contributed by atoms with Crippen molar-refractivity contribution in [2.75, 3.05) is 0 Å². The molecule has 104 valence electrons. The second-order valence-corrected chi connectivity index (χ2v) is 5.72.